The summed E-state index contributed by atoms with van der Waals surface area (Å²) in [6, 6.07) is 3.61. The number of rotatable bonds is 3. The first-order chi connectivity index (χ1) is 6.90. The summed E-state index contributed by atoms with van der Waals surface area (Å²) < 4.78 is 24.8. The van der Waals surface area contributed by atoms with Gasteiger partial charge >= 0.3 is 0 Å². The third-order valence-corrected chi connectivity index (χ3v) is 3.27. The second-order valence-corrected chi connectivity index (χ2v) is 4.51. The molecule has 0 aliphatic carbocycles. The van der Waals surface area contributed by atoms with E-state index in [1.807, 2.05) is 4.72 Å². The van der Waals surface area contributed by atoms with Crippen LogP contribution in [0.3, 0.4) is 0 Å². The Balaban J connectivity index is 3.47. The first kappa shape index (κ1) is 11.4. The zero-order chi connectivity index (χ0) is 11.6. The standard InChI is InChI=1S/C7H9N3O4S/c1-9-15(13,14)6-4-2-3-5(7(6)8)10(11)12/h2-4,9H,8H2,1H3. The van der Waals surface area contributed by atoms with Gasteiger partial charge in [0, 0.05) is 6.07 Å². The van der Waals surface area contributed by atoms with Crippen molar-refractivity contribution in [1.82, 2.24) is 4.72 Å². The molecular weight excluding hydrogens is 222 g/mol. The van der Waals surface area contributed by atoms with E-state index in [4.69, 9.17) is 5.73 Å². The Morgan fingerprint density at radius 1 is 1.47 bits per heavy atom. The lowest BCUT2D eigenvalue weighted by molar-refractivity contribution is -0.384. The van der Waals surface area contributed by atoms with Gasteiger partial charge in [-0.05, 0) is 13.1 Å². The van der Waals surface area contributed by atoms with Gasteiger partial charge in [0.2, 0.25) is 10.0 Å². The van der Waals surface area contributed by atoms with Crippen molar-refractivity contribution in [3.05, 3.63) is 28.3 Å². The van der Waals surface area contributed by atoms with Crippen LogP contribution in [0, 0.1) is 10.1 Å². The normalized spacial score (nSPS) is 11.3. The third-order valence-electron chi connectivity index (χ3n) is 1.80. The van der Waals surface area contributed by atoms with Crippen molar-refractivity contribution in [2.24, 2.45) is 0 Å². The molecule has 1 aromatic carbocycles. The molecule has 0 fully saturated rings. The van der Waals surface area contributed by atoms with Crippen LogP contribution in [-0.4, -0.2) is 20.4 Å². The predicted molar refractivity (Wildman–Crippen MR) is 53.8 cm³/mol. The average Bonchev–Trinajstić information content (AvgIpc) is 2.17. The van der Waals surface area contributed by atoms with Crippen LogP contribution in [-0.2, 0) is 10.0 Å². The van der Waals surface area contributed by atoms with Crippen molar-refractivity contribution in [2.75, 3.05) is 12.8 Å². The van der Waals surface area contributed by atoms with Gasteiger partial charge in [-0.3, -0.25) is 10.1 Å². The van der Waals surface area contributed by atoms with E-state index in [2.05, 4.69) is 0 Å². The molecule has 7 nitrogen and oxygen atoms in total. The fourth-order valence-electron chi connectivity index (χ4n) is 1.04. The van der Waals surface area contributed by atoms with Crippen molar-refractivity contribution in [1.29, 1.82) is 0 Å². The number of nitrogens with one attached hydrogen (secondary N) is 1. The van der Waals surface area contributed by atoms with Gasteiger partial charge < -0.3 is 5.73 Å². The molecule has 0 radical (unpaired) electrons. The molecule has 3 N–H and O–H groups in total. The number of sulfonamides is 1. The van der Waals surface area contributed by atoms with Crippen LogP contribution in [0.2, 0.25) is 0 Å². The van der Waals surface area contributed by atoms with Gasteiger partial charge in [-0.15, -0.1) is 0 Å². The summed E-state index contributed by atoms with van der Waals surface area (Å²) in [5.41, 5.74) is 4.60. The first-order valence-electron chi connectivity index (χ1n) is 3.86. The number of nitrogen functional groups attached to an aromatic ring is 1. The molecule has 0 unspecified atom stereocenters. The van der Waals surface area contributed by atoms with Crippen molar-refractivity contribution >= 4 is 21.4 Å². The number of nitrogens with two attached hydrogens (primary N) is 1. The molecule has 1 aromatic rings. The quantitative estimate of drug-likeness (QED) is 0.434. The van der Waals surface area contributed by atoms with Crippen molar-refractivity contribution in [3.8, 4) is 0 Å². The maximum atomic E-state index is 11.4. The molecule has 0 amide bonds. The van der Waals surface area contributed by atoms with Crippen LogP contribution in [0.4, 0.5) is 11.4 Å². The minimum atomic E-state index is -3.76. The Morgan fingerprint density at radius 3 is 2.53 bits per heavy atom. The lowest BCUT2D eigenvalue weighted by atomic mass is 10.3. The number of nitro benzene ring substituents is 1. The molecule has 0 aliphatic rings. The molecule has 0 bridgehead atoms. The average molecular weight is 231 g/mol. The van der Waals surface area contributed by atoms with Gasteiger partial charge in [0.1, 0.15) is 10.6 Å². The Bertz CT molecular complexity index is 497. The van der Waals surface area contributed by atoms with Gasteiger partial charge in [-0.1, -0.05) is 6.07 Å². The summed E-state index contributed by atoms with van der Waals surface area (Å²) in [5, 5.41) is 10.5. The Kier molecular flexibility index (Phi) is 2.91. The second-order valence-electron chi connectivity index (χ2n) is 2.65. The number of hydrogen-bond donors (Lipinski definition) is 2. The highest BCUT2D eigenvalue weighted by Crippen LogP contribution is 2.27. The summed E-state index contributed by atoms with van der Waals surface area (Å²) in [6.45, 7) is 0. The van der Waals surface area contributed by atoms with Gasteiger partial charge in [0.15, 0.2) is 0 Å². The number of para-hydroxylation sites is 1. The van der Waals surface area contributed by atoms with Gasteiger partial charge in [-0.2, -0.15) is 0 Å². The highest BCUT2D eigenvalue weighted by atomic mass is 32.2. The fraction of sp³-hybridized carbons (Fsp3) is 0.143. The maximum Gasteiger partial charge on any atom is 0.293 e. The van der Waals surface area contributed by atoms with Crippen LogP contribution in [0.5, 0.6) is 0 Å². The molecular formula is C7H9N3O4S. The molecule has 8 heteroatoms. The van der Waals surface area contributed by atoms with Crippen LogP contribution in [0.15, 0.2) is 23.1 Å². The van der Waals surface area contributed by atoms with E-state index in [1.165, 1.54) is 19.2 Å². The summed E-state index contributed by atoms with van der Waals surface area (Å²) in [5.74, 6) is 0. The number of hydrogen-bond acceptors (Lipinski definition) is 5. The SMILES string of the molecule is CNS(=O)(=O)c1cccc([N+](=O)[O-])c1N. The monoisotopic (exact) mass is 231 g/mol. The van der Waals surface area contributed by atoms with Crippen molar-refractivity contribution in [2.45, 2.75) is 4.90 Å². The van der Waals surface area contributed by atoms with E-state index < -0.39 is 20.6 Å². The molecule has 0 atom stereocenters. The maximum absolute atomic E-state index is 11.4. The topological polar surface area (TPSA) is 115 Å². The Morgan fingerprint density at radius 2 is 2.07 bits per heavy atom. The van der Waals surface area contributed by atoms with Gasteiger partial charge in [-0.25, -0.2) is 13.1 Å². The van der Waals surface area contributed by atoms with Crippen LogP contribution in [0.25, 0.3) is 0 Å². The minimum Gasteiger partial charge on any atom is -0.392 e. The van der Waals surface area contributed by atoms with E-state index in [1.54, 1.807) is 0 Å². The van der Waals surface area contributed by atoms with E-state index in [9.17, 15) is 18.5 Å². The number of benzene rings is 1. The van der Waals surface area contributed by atoms with Gasteiger partial charge in [0.05, 0.1) is 4.92 Å². The molecule has 0 heterocycles. The molecule has 0 saturated heterocycles. The van der Waals surface area contributed by atoms with Crippen LogP contribution >= 0.6 is 0 Å². The highest BCUT2D eigenvalue weighted by molar-refractivity contribution is 7.89. The third kappa shape index (κ3) is 2.05. The molecule has 82 valence electrons. The summed E-state index contributed by atoms with van der Waals surface area (Å²) >= 11 is 0. The lowest BCUT2D eigenvalue weighted by Crippen LogP contribution is -2.20. The van der Waals surface area contributed by atoms with Gasteiger partial charge in [0.25, 0.3) is 5.69 Å². The Hall–Kier alpha value is -1.67. The lowest BCUT2D eigenvalue weighted by Gasteiger charge is -2.05. The van der Waals surface area contributed by atoms with E-state index in [0.717, 1.165) is 6.07 Å². The van der Waals surface area contributed by atoms with Crippen LogP contribution in [0.1, 0.15) is 0 Å². The zero-order valence-corrected chi connectivity index (χ0v) is 8.61. The molecule has 15 heavy (non-hydrogen) atoms. The van der Waals surface area contributed by atoms with Crippen molar-refractivity contribution in [3.63, 3.8) is 0 Å². The summed E-state index contributed by atoms with van der Waals surface area (Å²) in [6.07, 6.45) is 0. The predicted octanol–water partition coefficient (Wildman–Crippen LogP) is 0.0851. The molecule has 0 aliphatic heterocycles. The number of nitrogens with zero attached hydrogens (tertiary/aromatic N) is 1. The smallest absolute Gasteiger partial charge is 0.293 e. The molecule has 0 spiro atoms. The van der Waals surface area contributed by atoms with E-state index in [-0.39, 0.29) is 10.6 Å². The zero-order valence-electron chi connectivity index (χ0n) is 7.80. The second kappa shape index (κ2) is 3.83. The molecule has 0 aromatic heterocycles. The summed E-state index contributed by atoms with van der Waals surface area (Å²) in [7, 11) is -2.56. The fourth-order valence-corrected chi connectivity index (χ4v) is 1.91. The number of anilines is 1. The molecule has 0 saturated carbocycles. The van der Waals surface area contributed by atoms with E-state index >= 15 is 0 Å². The summed E-state index contributed by atoms with van der Waals surface area (Å²) in [4.78, 5) is 9.48. The van der Waals surface area contributed by atoms with Crippen molar-refractivity contribution < 1.29 is 13.3 Å². The highest BCUT2D eigenvalue weighted by Gasteiger charge is 2.22. The minimum absolute atomic E-state index is 0.292. The Labute approximate surface area is 86.1 Å². The van der Waals surface area contributed by atoms with E-state index in [0.29, 0.717) is 0 Å². The van der Waals surface area contributed by atoms with Crippen LogP contribution < -0.4 is 10.5 Å². The number of nitro groups is 1. The first-order valence-corrected chi connectivity index (χ1v) is 5.35. The largest absolute Gasteiger partial charge is 0.392 e. The molecule has 1 rings (SSSR count).